The number of esters is 2. The number of hydrogen-bond donors (Lipinski definition) is 0. The fraction of sp³-hybridized carbons (Fsp3) is 0.480. The van der Waals surface area contributed by atoms with Crippen LogP contribution in [0.5, 0.6) is 0 Å². The largest absolute Gasteiger partial charge is 0.466 e. The summed E-state index contributed by atoms with van der Waals surface area (Å²) in [5.74, 6) is -2.42. The van der Waals surface area contributed by atoms with Gasteiger partial charge in [0.15, 0.2) is 17.0 Å². The van der Waals surface area contributed by atoms with Gasteiger partial charge in [-0.3, -0.25) is 24.2 Å². The number of ketones is 2. The van der Waals surface area contributed by atoms with E-state index in [-0.39, 0.29) is 31.0 Å². The predicted molar refractivity (Wildman–Crippen MR) is 120 cm³/mol. The van der Waals surface area contributed by atoms with Crippen LogP contribution in [-0.2, 0) is 23.9 Å². The number of nitrogens with zero attached hydrogens (tertiary/aromatic N) is 1. The molecule has 0 radical (unpaired) electrons. The molecule has 1 aromatic carbocycles. The van der Waals surface area contributed by atoms with Gasteiger partial charge in [-0.15, -0.1) is 0 Å². The van der Waals surface area contributed by atoms with Crippen LogP contribution in [-0.4, -0.2) is 40.7 Å². The summed E-state index contributed by atoms with van der Waals surface area (Å²) in [6.45, 7) is 8.28. The summed E-state index contributed by atoms with van der Waals surface area (Å²) < 4.78 is 10.4. The molecular weight excluding hydrogens is 410 g/mol. The van der Waals surface area contributed by atoms with Crippen LogP contribution in [0.15, 0.2) is 36.5 Å². The SMILES string of the molecule is CCOC(=O)CCCCC(C(C)=O)(C(=O)OC(C)(C)C)C(=O)c1ccc2ncccc2c1. The molecule has 0 aliphatic rings. The van der Waals surface area contributed by atoms with Crippen molar-refractivity contribution in [1.82, 2.24) is 4.98 Å². The van der Waals surface area contributed by atoms with E-state index in [0.29, 0.717) is 18.4 Å². The number of unbranched alkanes of at least 4 members (excludes halogenated alkanes) is 1. The average molecular weight is 442 g/mol. The normalized spacial score (nSPS) is 13.3. The van der Waals surface area contributed by atoms with E-state index in [2.05, 4.69) is 4.98 Å². The summed E-state index contributed by atoms with van der Waals surface area (Å²) in [5, 5.41) is 0.724. The van der Waals surface area contributed by atoms with Gasteiger partial charge in [-0.1, -0.05) is 12.5 Å². The van der Waals surface area contributed by atoms with Crippen LogP contribution in [0.2, 0.25) is 0 Å². The minimum Gasteiger partial charge on any atom is -0.466 e. The van der Waals surface area contributed by atoms with E-state index >= 15 is 0 Å². The molecule has 2 aromatic rings. The Kier molecular flexibility index (Phi) is 8.25. The van der Waals surface area contributed by atoms with Crippen LogP contribution in [0, 0.1) is 5.41 Å². The van der Waals surface area contributed by atoms with E-state index in [1.165, 1.54) is 6.92 Å². The molecule has 0 N–H and O–H groups in total. The van der Waals surface area contributed by atoms with Crippen molar-refractivity contribution >= 4 is 34.4 Å². The molecule has 0 fully saturated rings. The van der Waals surface area contributed by atoms with Crippen LogP contribution in [0.1, 0.15) is 70.7 Å². The maximum absolute atomic E-state index is 13.7. The Bertz CT molecular complexity index is 1010. The zero-order valence-electron chi connectivity index (χ0n) is 19.4. The zero-order chi connectivity index (χ0) is 23.9. The second-order valence-corrected chi connectivity index (χ2v) is 8.72. The number of ether oxygens (including phenoxy) is 2. The Morgan fingerprint density at radius 1 is 1.03 bits per heavy atom. The third kappa shape index (κ3) is 5.99. The molecule has 7 nitrogen and oxygen atoms in total. The first-order valence-corrected chi connectivity index (χ1v) is 10.8. The Morgan fingerprint density at radius 2 is 1.75 bits per heavy atom. The molecule has 0 bridgehead atoms. The zero-order valence-corrected chi connectivity index (χ0v) is 19.4. The predicted octanol–water partition coefficient (Wildman–Crippen LogP) is 4.46. The lowest BCUT2D eigenvalue weighted by atomic mass is 9.73. The van der Waals surface area contributed by atoms with E-state index in [1.54, 1.807) is 64.2 Å². The van der Waals surface area contributed by atoms with Gasteiger partial charge in [0, 0.05) is 23.6 Å². The summed E-state index contributed by atoms with van der Waals surface area (Å²) in [4.78, 5) is 55.7. The van der Waals surface area contributed by atoms with E-state index in [4.69, 9.17) is 9.47 Å². The standard InChI is InChI=1S/C25H31NO6/c1-6-31-21(28)11-7-8-14-25(17(2)27,23(30)32-24(3,4)5)22(29)19-12-13-20-18(16-19)10-9-15-26-20/h9-10,12-13,15-16H,6-8,11,14H2,1-5H3. The Balaban J connectivity index is 2.41. The molecule has 1 heterocycles. The molecule has 32 heavy (non-hydrogen) atoms. The minimum atomic E-state index is -1.99. The second-order valence-electron chi connectivity index (χ2n) is 8.72. The number of carbonyl (C=O) groups excluding carboxylic acids is 4. The summed E-state index contributed by atoms with van der Waals surface area (Å²) in [6, 6.07) is 8.44. The number of Topliss-reactive ketones (excluding diaryl/α,β-unsaturated/α-hetero) is 2. The van der Waals surface area contributed by atoms with Gasteiger partial charge in [0.1, 0.15) is 5.60 Å². The van der Waals surface area contributed by atoms with Crippen molar-refractivity contribution in [3.63, 3.8) is 0 Å². The number of hydrogen-bond acceptors (Lipinski definition) is 7. The van der Waals surface area contributed by atoms with Gasteiger partial charge >= 0.3 is 11.9 Å². The van der Waals surface area contributed by atoms with Gasteiger partial charge in [0.25, 0.3) is 0 Å². The van der Waals surface area contributed by atoms with Gasteiger partial charge in [-0.25, -0.2) is 0 Å². The number of fused-ring (bicyclic) bond motifs is 1. The second kappa shape index (κ2) is 10.5. The van der Waals surface area contributed by atoms with Gasteiger partial charge in [-0.2, -0.15) is 0 Å². The van der Waals surface area contributed by atoms with Gasteiger partial charge < -0.3 is 9.47 Å². The van der Waals surface area contributed by atoms with E-state index in [9.17, 15) is 19.2 Å². The lowest BCUT2D eigenvalue weighted by Gasteiger charge is -2.31. The first kappa shape index (κ1) is 25.2. The Labute approximate surface area is 188 Å². The van der Waals surface area contributed by atoms with Crippen molar-refractivity contribution in [3.05, 3.63) is 42.1 Å². The molecule has 0 aliphatic carbocycles. The summed E-state index contributed by atoms with van der Waals surface area (Å²) in [5.41, 5.74) is -1.94. The molecule has 0 aliphatic heterocycles. The van der Waals surface area contributed by atoms with Crippen molar-refractivity contribution in [3.8, 4) is 0 Å². The highest BCUT2D eigenvalue weighted by atomic mass is 16.6. The molecule has 1 unspecified atom stereocenters. The van der Waals surface area contributed by atoms with Crippen LogP contribution in [0.3, 0.4) is 0 Å². The first-order chi connectivity index (χ1) is 15.0. The van der Waals surface area contributed by atoms with Gasteiger partial charge in [0.2, 0.25) is 0 Å². The van der Waals surface area contributed by atoms with Crippen molar-refractivity contribution < 1.29 is 28.7 Å². The highest BCUT2D eigenvalue weighted by Gasteiger charge is 2.52. The maximum atomic E-state index is 13.7. The van der Waals surface area contributed by atoms with Gasteiger partial charge in [0.05, 0.1) is 12.1 Å². The fourth-order valence-corrected chi connectivity index (χ4v) is 3.51. The van der Waals surface area contributed by atoms with Gasteiger partial charge in [-0.05, 0) is 71.7 Å². The highest BCUT2D eigenvalue weighted by Crippen LogP contribution is 2.35. The van der Waals surface area contributed by atoms with Crippen LogP contribution in [0.25, 0.3) is 10.9 Å². The lowest BCUT2D eigenvalue weighted by molar-refractivity contribution is -0.167. The third-order valence-electron chi connectivity index (χ3n) is 5.09. The molecular formula is C25H31NO6. The highest BCUT2D eigenvalue weighted by molar-refractivity contribution is 6.27. The molecule has 0 saturated heterocycles. The third-order valence-corrected chi connectivity index (χ3v) is 5.09. The molecule has 0 amide bonds. The summed E-state index contributed by atoms with van der Waals surface area (Å²) >= 11 is 0. The molecule has 0 spiro atoms. The van der Waals surface area contributed by atoms with E-state index in [1.807, 2.05) is 0 Å². The topological polar surface area (TPSA) is 99.6 Å². The van der Waals surface area contributed by atoms with Crippen LogP contribution in [0.4, 0.5) is 0 Å². The van der Waals surface area contributed by atoms with Crippen LogP contribution >= 0.6 is 0 Å². The molecule has 7 heteroatoms. The Hall–Kier alpha value is -3.09. The molecule has 1 aromatic heterocycles. The van der Waals surface area contributed by atoms with Crippen molar-refractivity contribution in [2.75, 3.05) is 6.61 Å². The summed E-state index contributed by atoms with van der Waals surface area (Å²) in [7, 11) is 0. The first-order valence-electron chi connectivity index (χ1n) is 10.8. The number of aromatic nitrogens is 1. The maximum Gasteiger partial charge on any atom is 0.328 e. The number of benzene rings is 1. The number of pyridine rings is 1. The van der Waals surface area contributed by atoms with E-state index < -0.39 is 28.6 Å². The molecule has 0 saturated carbocycles. The van der Waals surface area contributed by atoms with Crippen molar-refractivity contribution in [2.24, 2.45) is 5.41 Å². The monoisotopic (exact) mass is 441 g/mol. The lowest BCUT2D eigenvalue weighted by Crippen LogP contribution is -2.48. The molecule has 2 rings (SSSR count). The number of rotatable bonds is 10. The van der Waals surface area contributed by atoms with E-state index in [0.717, 1.165) is 5.39 Å². The quantitative estimate of drug-likeness (QED) is 0.232. The van der Waals surface area contributed by atoms with Crippen molar-refractivity contribution in [2.45, 2.75) is 65.9 Å². The Morgan fingerprint density at radius 3 is 2.38 bits per heavy atom. The molecule has 1 atom stereocenters. The van der Waals surface area contributed by atoms with Crippen molar-refractivity contribution in [1.29, 1.82) is 0 Å². The van der Waals surface area contributed by atoms with Crippen LogP contribution < -0.4 is 0 Å². The minimum absolute atomic E-state index is 0.0550. The fourth-order valence-electron chi connectivity index (χ4n) is 3.51. The summed E-state index contributed by atoms with van der Waals surface area (Å²) in [6.07, 6.45) is 2.42. The molecule has 172 valence electrons. The number of carbonyl (C=O) groups is 4. The smallest absolute Gasteiger partial charge is 0.328 e. The average Bonchev–Trinajstić information content (AvgIpc) is 2.71.